The highest BCUT2D eigenvalue weighted by molar-refractivity contribution is 7.10. The highest BCUT2D eigenvalue weighted by atomic mass is 35.5. The van der Waals surface area contributed by atoms with E-state index in [1.807, 2.05) is 6.07 Å². The molecule has 0 aliphatic rings. The number of nitriles is 1. The topological polar surface area (TPSA) is 75.0 Å². The number of nitrogens with zero attached hydrogens (tertiary/aromatic N) is 2. The molecule has 0 saturated carbocycles. The Kier molecular flexibility index (Phi) is 4.73. The van der Waals surface area contributed by atoms with Crippen molar-refractivity contribution in [2.45, 2.75) is 6.54 Å². The summed E-state index contributed by atoms with van der Waals surface area (Å²) in [4.78, 5) is 11.4. The average Bonchev–Trinajstić information content (AvgIpc) is 2.85. The van der Waals surface area contributed by atoms with Gasteiger partial charge in [-0.25, -0.2) is 9.18 Å². The molecule has 8 heteroatoms. The molecule has 0 saturated heterocycles. The first-order valence-corrected chi connectivity index (χ1v) is 6.87. The molecule has 1 aromatic carbocycles. The Hall–Kier alpha value is -2.17. The molecule has 0 unspecified atom stereocenters. The van der Waals surface area contributed by atoms with Gasteiger partial charge in [0.1, 0.15) is 22.5 Å². The second-order valence-electron chi connectivity index (χ2n) is 3.94. The van der Waals surface area contributed by atoms with Crippen molar-refractivity contribution in [3.05, 3.63) is 45.9 Å². The zero-order chi connectivity index (χ0) is 15.4. The summed E-state index contributed by atoms with van der Waals surface area (Å²) in [7, 11) is 1.25. The lowest BCUT2D eigenvalue weighted by molar-refractivity contribution is 0.0600. The summed E-state index contributed by atoms with van der Waals surface area (Å²) in [5.74, 6) is -1.01. The summed E-state index contributed by atoms with van der Waals surface area (Å²) in [5, 5.41) is 12.4. The van der Waals surface area contributed by atoms with Gasteiger partial charge in [-0.2, -0.15) is 9.64 Å². The molecule has 0 amide bonds. The molecule has 1 heterocycles. The van der Waals surface area contributed by atoms with E-state index in [4.69, 9.17) is 16.9 Å². The minimum atomic E-state index is -0.546. The molecular weight excluding hydrogens is 317 g/mol. The van der Waals surface area contributed by atoms with E-state index in [9.17, 15) is 9.18 Å². The van der Waals surface area contributed by atoms with Gasteiger partial charge in [-0.05, 0) is 29.7 Å². The Morgan fingerprint density at radius 2 is 2.38 bits per heavy atom. The van der Waals surface area contributed by atoms with Crippen LogP contribution in [0.1, 0.15) is 21.5 Å². The van der Waals surface area contributed by atoms with Crippen molar-refractivity contribution in [3.8, 4) is 6.07 Å². The number of ether oxygens (including phenoxy) is 1. The largest absolute Gasteiger partial charge is 0.465 e. The van der Waals surface area contributed by atoms with Gasteiger partial charge in [0.2, 0.25) is 0 Å². The van der Waals surface area contributed by atoms with Crippen molar-refractivity contribution < 1.29 is 13.9 Å². The number of aromatic nitrogens is 1. The molecule has 1 aromatic heterocycles. The van der Waals surface area contributed by atoms with Gasteiger partial charge in [-0.1, -0.05) is 11.6 Å². The molecule has 0 aliphatic heterocycles. The zero-order valence-electron chi connectivity index (χ0n) is 10.8. The van der Waals surface area contributed by atoms with E-state index in [0.29, 0.717) is 5.00 Å². The highest BCUT2D eigenvalue weighted by Gasteiger charge is 2.13. The lowest BCUT2D eigenvalue weighted by Gasteiger charge is -2.07. The summed E-state index contributed by atoms with van der Waals surface area (Å²) >= 11 is 6.76. The van der Waals surface area contributed by atoms with Crippen LogP contribution < -0.4 is 5.32 Å². The number of halogens is 2. The molecule has 0 spiro atoms. The number of methoxy groups -OCH3 is 1. The van der Waals surface area contributed by atoms with Crippen LogP contribution in [0.5, 0.6) is 0 Å². The molecule has 5 nitrogen and oxygen atoms in total. The fraction of sp³-hybridized carbons (Fsp3) is 0.154. The van der Waals surface area contributed by atoms with E-state index >= 15 is 0 Å². The van der Waals surface area contributed by atoms with Crippen molar-refractivity contribution in [2.75, 3.05) is 12.4 Å². The predicted octanol–water partition coefficient (Wildman–Crippen LogP) is 3.21. The molecule has 0 bridgehead atoms. The molecule has 108 valence electrons. The Bertz CT molecular complexity index is 727. The fourth-order valence-electron chi connectivity index (χ4n) is 1.62. The normalized spacial score (nSPS) is 10.0. The summed E-state index contributed by atoms with van der Waals surface area (Å²) in [6.45, 7) is 0.0872. The van der Waals surface area contributed by atoms with Crippen LogP contribution in [-0.4, -0.2) is 17.5 Å². The van der Waals surface area contributed by atoms with Crippen LogP contribution in [-0.2, 0) is 11.3 Å². The Labute approximate surface area is 129 Å². The van der Waals surface area contributed by atoms with E-state index in [1.54, 1.807) is 0 Å². The number of anilines is 1. The average molecular weight is 326 g/mol. The maximum absolute atomic E-state index is 13.7. The van der Waals surface area contributed by atoms with Crippen molar-refractivity contribution in [1.29, 1.82) is 5.26 Å². The van der Waals surface area contributed by atoms with E-state index in [0.717, 1.165) is 11.5 Å². The monoisotopic (exact) mass is 325 g/mol. The first-order chi connectivity index (χ1) is 10.1. The van der Waals surface area contributed by atoms with Gasteiger partial charge in [-0.3, -0.25) is 0 Å². The second kappa shape index (κ2) is 6.52. The molecule has 0 atom stereocenters. The van der Waals surface area contributed by atoms with Crippen LogP contribution in [0.25, 0.3) is 0 Å². The minimum absolute atomic E-state index is 0.0872. The van der Waals surface area contributed by atoms with Gasteiger partial charge in [0.25, 0.3) is 0 Å². The molecule has 0 radical (unpaired) electrons. The van der Waals surface area contributed by atoms with Gasteiger partial charge in [0.15, 0.2) is 5.15 Å². The number of hydrogen-bond donors (Lipinski definition) is 1. The minimum Gasteiger partial charge on any atom is -0.465 e. The maximum Gasteiger partial charge on any atom is 0.337 e. The third-order valence-corrected chi connectivity index (χ3v) is 3.85. The number of carbonyl (C=O) groups is 1. The first kappa shape index (κ1) is 15.2. The van der Waals surface area contributed by atoms with Crippen molar-refractivity contribution in [1.82, 2.24) is 4.37 Å². The molecule has 1 N–H and O–H groups in total. The number of nitrogens with one attached hydrogen (secondary N) is 1. The SMILES string of the molecule is COC(=O)c1ccc(F)c(CNc2snc(Cl)c2C#N)c1. The summed E-state index contributed by atoms with van der Waals surface area (Å²) in [6, 6.07) is 5.84. The van der Waals surface area contributed by atoms with Crippen LogP contribution >= 0.6 is 23.1 Å². The molecule has 21 heavy (non-hydrogen) atoms. The molecular formula is C13H9ClFN3O2S. The van der Waals surface area contributed by atoms with Crippen LogP contribution in [0.3, 0.4) is 0 Å². The van der Waals surface area contributed by atoms with Gasteiger partial charge >= 0.3 is 5.97 Å². The summed E-state index contributed by atoms with van der Waals surface area (Å²) in [6.07, 6.45) is 0. The van der Waals surface area contributed by atoms with E-state index in [1.165, 1.54) is 25.3 Å². The van der Waals surface area contributed by atoms with Crippen LogP contribution in [0.4, 0.5) is 9.39 Å². The van der Waals surface area contributed by atoms with Crippen LogP contribution in [0.15, 0.2) is 18.2 Å². The van der Waals surface area contributed by atoms with E-state index in [-0.39, 0.29) is 28.4 Å². The number of carbonyl (C=O) groups excluding carboxylic acids is 1. The lowest BCUT2D eigenvalue weighted by Crippen LogP contribution is -2.06. The zero-order valence-corrected chi connectivity index (χ0v) is 12.4. The second-order valence-corrected chi connectivity index (χ2v) is 5.07. The number of rotatable bonds is 4. The third-order valence-electron chi connectivity index (χ3n) is 2.67. The molecule has 0 aliphatic carbocycles. The number of esters is 1. The van der Waals surface area contributed by atoms with Crippen molar-refractivity contribution in [3.63, 3.8) is 0 Å². The van der Waals surface area contributed by atoms with E-state index in [2.05, 4.69) is 14.4 Å². The molecule has 2 rings (SSSR count). The highest BCUT2D eigenvalue weighted by Crippen LogP contribution is 2.28. The summed E-state index contributed by atoms with van der Waals surface area (Å²) in [5.41, 5.74) is 0.732. The van der Waals surface area contributed by atoms with E-state index < -0.39 is 11.8 Å². The van der Waals surface area contributed by atoms with Gasteiger partial charge < -0.3 is 10.1 Å². The lowest BCUT2D eigenvalue weighted by atomic mass is 10.1. The van der Waals surface area contributed by atoms with Crippen LogP contribution in [0.2, 0.25) is 5.15 Å². The summed E-state index contributed by atoms with van der Waals surface area (Å²) < 4.78 is 22.2. The number of hydrogen-bond acceptors (Lipinski definition) is 6. The predicted molar refractivity (Wildman–Crippen MR) is 76.9 cm³/mol. The van der Waals surface area contributed by atoms with Gasteiger partial charge in [0.05, 0.1) is 12.7 Å². The smallest absolute Gasteiger partial charge is 0.337 e. The Morgan fingerprint density at radius 3 is 3.05 bits per heavy atom. The van der Waals surface area contributed by atoms with Crippen molar-refractivity contribution in [2.24, 2.45) is 0 Å². The third kappa shape index (κ3) is 3.29. The molecule has 2 aromatic rings. The number of benzene rings is 1. The quantitative estimate of drug-likeness (QED) is 0.874. The van der Waals surface area contributed by atoms with Crippen molar-refractivity contribution >= 4 is 34.1 Å². The van der Waals surface area contributed by atoms with Crippen LogP contribution in [0, 0.1) is 17.1 Å². The first-order valence-electron chi connectivity index (χ1n) is 5.72. The van der Waals surface area contributed by atoms with Gasteiger partial charge in [0, 0.05) is 12.1 Å². The Morgan fingerprint density at radius 1 is 1.62 bits per heavy atom. The van der Waals surface area contributed by atoms with Gasteiger partial charge in [-0.15, -0.1) is 0 Å². The fourth-order valence-corrected chi connectivity index (χ4v) is 2.55. The maximum atomic E-state index is 13.7. The Balaban J connectivity index is 2.20. The standard InChI is InChI=1S/C13H9ClFN3O2S/c1-20-13(19)7-2-3-10(15)8(4-7)6-17-12-9(5-16)11(14)18-21-12/h2-4,17H,6H2,1H3. The molecule has 0 fully saturated rings.